The first-order valence-corrected chi connectivity index (χ1v) is 4.83. The van der Waals surface area contributed by atoms with Crippen molar-refractivity contribution in [3.8, 4) is 0 Å². The monoisotopic (exact) mass is 182 g/mol. The van der Waals surface area contributed by atoms with Gasteiger partial charge >= 0.3 is 0 Å². The van der Waals surface area contributed by atoms with Gasteiger partial charge in [-0.15, -0.1) is 0 Å². The molecule has 0 spiro atoms. The topological polar surface area (TPSA) is 46.3 Å². The van der Waals surface area contributed by atoms with Crippen molar-refractivity contribution in [2.45, 2.75) is 25.8 Å². The number of hydrogen-bond donors (Lipinski definition) is 1. The van der Waals surface area contributed by atoms with Gasteiger partial charge in [-0.3, -0.25) is 4.79 Å². The highest BCUT2D eigenvalue weighted by atomic mass is 16.2. The number of carbonyl (C=O) groups excluding carboxylic acids is 1. The Kier molecular flexibility index (Phi) is 3.48. The summed E-state index contributed by atoms with van der Waals surface area (Å²) in [6.07, 6.45) is 3.63. The van der Waals surface area contributed by atoms with E-state index in [9.17, 15) is 4.79 Å². The summed E-state index contributed by atoms with van der Waals surface area (Å²) in [5.41, 5.74) is 5.65. The molecule has 0 saturated carbocycles. The fourth-order valence-electron chi connectivity index (χ4n) is 2.00. The largest absolute Gasteiger partial charge is 0.335 e. The highest BCUT2D eigenvalue weighted by Crippen LogP contribution is 2.22. The number of piperidine rings is 1. The third-order valence-corrected chi connectivity index (χ3v) is 2.81. The molecule has 1 fully saturated rings. The third kappa shape index (κ3) is 2.10. The second-order valence-corrected chi connectivity index (χ2v) is 3.66. The zero-order chi connectivity index (χ0) is 9.84. The van der Waals surface area contributed by atoms with Gasteiger partial charge in [0.15, 0.2) is 0 Å². The summed E-state index contributed by atoms with van der Waals surface area (Å²) in [7, 11) is 0. The highest BCUT2D eigenvalue weighted by molar-refractivity contribution is 5.87. The normalized spacial score (nSPS) is 28.6. The lowest BCUT2D eigenvalue weighted by Gasteiger charge is -2.38. The molecule has 1 aliphatic rings. The van der Waals surface area contributed by atoms with E-state index in [1.807, 2.05) is 4.90 Å². The van der Waals surface area contributed by atoms with E-state index >= 15 is 0 Å². The second-order valence-electron chi connectivity index (χ2n) is 3.66. The lowest BCUT2D eigenvalue weighted by Crippen LogP contribution is -2.50. The van der Waals surface area contributed by atoms with Crippen molar-refractivity contribution in [1.82, 2.24) is 4.90 Å². The van der Waals surface area contributed by atoms with Crippen LogP contribution in [0.5, 0.6) is 0 Å². The molecular formula is C10H18N2O. The van der Waals surface area contributed by atoms with Crippen molar-refractivity contribution in [3.63, 3.8) is 0 Å². The molecule has 1 heterocycles. The van der Waals surface area contributed by atoms with Crippen LogP contribution in [-0.2, 0) is 4.79 Å². The van der Waals surface area contributed by atoms with Gasteiger partial charge in [-0.2, -0.15) is 0 Å². The summed E-state index contributed by atoms with van der Waals surface area (Å²) in [4.78, 5) is 13.3. The minimum absolute atomic E-state index is 0.0157. The molecular weight excluding hydrogens is 164 g/mol. The number of amides is 1. The number of hydrogen-bond acceptors (Lipinski definition) is 2. The fourth-order valence-corrected chi connectivity index (χ4v) is 2.00. The summed E-state index contributed by atoms with van der Waals surface area (Å²) < 4.78 is 0. The van der Waals surface area contributed by atoms with E-state index in [1.54, 1.807) is 0 Å². The molecule has 0 aromatic heterocycles. The molecule has 3 heteroatoms. The Bertz CT molecular complexity index is 203. The Morgan fingerprint density at radius 2 is 2.46 bits per heavy atom. The Morgan fingerprint density at radius 1 is 1.77 bits per heavy atom. The molecule has 2 atom stereocenters. The summed E-state index contributed by atoms with van der Waals surface area (Å²) in [6, 6.07) is 0.208. The van der Waals surface area contributed by atoms with E-state index in [4.69, 9.17) is 5.73 Å². The van der Waals surface area contributed by atoms with Crippen LogP contribution in [0, 0.1) is 5.92 Å². The van der Waals surface area contributed by atoms with E-state index in [0.29, 0.717) is 12.5 Å². The van der Waals surface area contributed by atoms with Gasteiger partial charge in [0.05, 0.1) is 0 Å². The second kappa shape index (κ2) is 4.42. The molecule has 74 valence electrons. The number of carbonyl (C=O) groups is 1. The van der Waals surface area contributed by atoms with Gasteiger partial charge in [0.2, 0.25) is 5.91 Å². The number of rotatable bonds is 2. The molecule has 13 heavy (non-hydrogen) atoms. The number of likely N-dealkylation sites (tertiary alicyclic amines) is 1. The first-order valence-electron chi connectivity index (χ1n) is 4.83. The molecule has 1 aliphatic heterocycles. The Hall–Kier alpha value is -0.830. The highest BCUT2D eigenvalue weighted by Gasteiger charge is 2.29. The van der Waals surface area contributed by atoms with E-state index in [0.717, 1.165) is 13.0 Å². The maximum absolute atomic E-state index is 11.4. The van der Waals surface area contributed by atoms with E-state index in [2.05, 4.69) is 13.5 Å². The van der Waals surface area contributed by atoms with Crippen LogP contribution in [0.15, 0.2) is 12.7 Å². The van der Waals surface area contributed by atoms with Crippen LogP contribution >= 0.6 is 0 Å². The standard InChI is InChI=1S/C10H18N2O/c1-3-10(13)12-6-4-5-8(2)9(12)7-11/h3,8-9H,1,4-7,11H2,2H3. The third-order valence-electron chi connectivity index (χ3n) is 2.81. The average Bonchev–Trinajstić information content (AvgIpc) is 2.16. The van der Waals surface area contributed by atoms with E-state index in [-0.39, 0.29) is 11.9 Å². The van der Waals surface area contributed by atoms with Gasteiger partial charge in [-0.1, -0.05) is 13.5 Å². The lowest BCUT2D eigenvalue weighted by molar-refractivity contribution is -0.130. The van der Waals surface area contributed by atoms with Gasteiger partial charge in [-0.25, -0.2) is 0 Å². The van der Waals surface area contributed by atoms with Crippen LogP contribution in [0.3, 0.4) is 0 Å². The molecule has 0 radical (unpaired) electrons. The average molecular weight is 182 g/mol. The van der Waals surface area contributed by atoms with E-state index < -0.39 is 0 Å². The molecule has 0 bridgehead atoms. The predicted octanol–water partition coefficient (Wildman–Crippen LogP) is 0.758. The Labute approximate surface area is 79.6 Å². The molecule has 1 amide bonds. The van der Waals surface area contributed by atoms with Gasteiger partial charge < -0.3 is 10.6 Å². The van der Waals surface area contributed by atoms with Crippen LogP contribution in [0.4, 0.5) is 0 Å². The molecule has 2 unspecified atom stereocenters. The summed E-state index contributed by atoms with van der Waals surface area (Å²) >= 11 is 0. The van der Waals surface area contributed by atoms with Crippen molar-refractivity contribution in [2.24, 2.45) is 11.7 Å². The molecule has 0 aromatic carbocycles. The van der Waals surface area contributed by atoms with Crippen LogP contribution in [0.1, 0.15) is 19.8 Å². The predicted molar refractivity (Wildman–Crippen MR) is 53.2 cm³/mol. The fraction of sp³-hybridized carbons (Fsp3) is 0.700. The van der Waals surface area contributed by atoms with Gasteiger partial charge in [0, 0.05) is 19.1 Å². The van der Waals surface area contributed by atoms with Crippen molar-refractivity contribution in [2.75, 3.05) is 13.1 Å². The van der Waals surface area contributed by atoms with Crippen molar-refractivity contribution in [3.05, 3.63) is 12.7 Å². The maximum Gasteiger partial charge on any atom is 0.246 e. The zero-order valence-corrected chi connectivity index (χ0v) is 8.20. The molecule has 1 saturated heterocycles. The van der Waals surface area contributed by atoms with Crippen LogP contribution in [-0.4, -0.2) is 29.9 Å². The minimum atomic E-state index is 0.0157. The first kappa shape index (κ1) is 10.3. The van der Waals surface area contributed by atoms with Crippen molar-refractivity contribution >= 4 is 5.91 Å². The zero-order valence-electron chi connectivity index (χ0n) is 8.20. The molecule has 1 rings (SSSR count). The lowest BCUT2D eigenvalue weighted by atomic mass is 9.91. The van der Waals surface area contributed by atoms with Crippen LogP contribution < -0.4 is 5.73 Å². The molecule has 0 aliphatic carbocycles. The maximum atomic E-state index is 11.4. The van der Waals surface area contributed by atoms with Gasteiger partial charge in [0.25, 0.3) is 0 Å². The smallest absolute Gasteiger partial charge is 0.246 e. The van der Waals surface area contributed by atoms with Crippen molar-refractivity contribution < 1.29 is 4.79 Å². The summed E-state index contributed by atoms with van der Waals surface area (Å²) in [5.74, 6) is 0.532. The summed E-state index contributed by atoms with van der Waals surface area (Å²) in [6.45, 7) is 7.04. The Morgan fingerprint density at radius 3 is 3.00 bits per heavy atom. The minimum Gasteiger partial charge on any atom is -0.335 e. The quantitative estimate of drug-likeness (QED) is 0.641. The van der Waals surface area contributed by atoms with E-state index in [1.165, 1.54) is 12.5 Å². The molecule has 0 aromatic rings. The van der Waals surface area contributed by atoms with Gasteiger partial charge in [-0.05, 0) is 24.8 Å². The Balaban J connectivity index is 2.69. The van der Waals surface area contributed by atoms with Gasteiger partial charge in [0.1, 0.15) is 0 Å². The number of nitrogens with zero attached hydrogens (tertiary/aromatic N) is 1. The van der Waals surface area contributed by atoms with Crippen LogP contribution in [0.25, 0.3) is 0 Å². The van der Waals surface area contributed by atoms with Crippen molar-refractivity contribution in [1.29, 1.82) is 0 Å². The molecule has 3 nitrogen and oxygen atoms in total. The SMILES string of the molecule is C=CC(=O)N1CCCC(C)C1CN. The number of nitrogens with two attached hydrogens (primary N) is 1. The van der Waals surface area contributed by atoms with Crippen LogP contribution in [0.2, 0.25) is 0 Å². The first-order chi connectivity index (χ1) is 6.20. The molecule has 2 N–H and O–H groups in total. The summed E-state index contributed by atoms with van der Waals surface area (Å²) in [5, 5.41) is 0.